The smallest absolute Gasteiger partial charge is 0.271 e. The highest BCUT2D eigenvalue weighted by Crippen LogP contribution is 2.27. The third-order valence-corrected chi connectivity index (χ3v) is 3.97. The van der Waals surface area contributed by atoms with Gasteiger partial charge in [-0.1, -0.05) is 0 Å². The number of amides is 1. The van der Waals surface area contributed by atoms with Crippen LogP contribution in [0.5, 0.6) is 5.88 Å². The van der Waals surface area contributed by atoms with Gasteiger partial charge in [0, 0.05) is 19.2 Å². The van der Waals surface area contributed by atoms with E-state index in [-0.39, 0.29) is 11.9 Å². The topological polar surface area (TPSA) is 76.6 Å². The lowest BCUT2D eigenvalue weighted by Gasteiger charge is -2.26. The van der Waals surface area contributed by atoms with Crippen molar-refractivity contribution in [1.29, 1.82) is 0 Å². The fraction of sp³-hybridized carbons (Fsp3) is 0.357. The van der Waals surface area contributed by atoms with Crippen molar-refractivity contribution in [3.8, 4) is 5.88 Å². The maximum atomic E-state index is 13.5. The van der Waals surface area contributed by atoms with Crippen molar-refractivity contribution in [2.24, 2.45) is 0 Å². The van der Waals surface area contributed by atoms with Gasteiger partial charge in [-0.25, -0.2) is 17.6 Å². The van der Waals surface area contributed by atoms with E-state index in [1.165, 1.54) is 0 Å². The summed E-state index contributed by atoms with van der Waals surface area (Å²) in [7, 11) is 0. The molecule has 1 aliphatic rings. The highest BCUT2D eigenvalue weighted by molar-refractivity contribution is 6.99. The number of benzene rings is 1. The second kappa shape index (κ2) is 7.83. The standard InChI is InChI=1S/C14H12F4N4O3S/c15-7-5-8(16)11(18)12(10(7)17)19-9(23)6-25-14-13(20-26-21-14)22-1-3-24-4-2-22/h5H,1-4,6H2,(H,19,23). The molecule has 1 fully saturated rings. The second-order valence-corrected chi connectivity index (χ2v) is 5.70. The Morgan fingerprint density at radius 1 is 1.19 bits per heavy atom. The largest absolute Gasteiger partial charge is 0.464 e. The average molecular weight is 392 g/mol. The summed E-state index contributed by atoms with van der Waals surface area (Å²) in [6.45, 7) is 1.45. The van der Waals surface area contributed by atoms with Crippen LogP contribution in [0, 0.1) is 23.3 Å². The Morgan fingerprint density at radius 2 is 1.85 bits per heavy atom. The molecule has 1 N–H and O–H groups in total. The number of nitrogens with one attached hydrogen (secondary N) is 1. The van der Waals surface area contributed by atoms with E-state index < -0.39 is 41.5 Å². The fourth-order valence-corrected chi connectivity index (χ4v) is 2.75. The first-order valence-electron chi connectivity index (χ1n) is 7.38. The molecular formula is C14H12F4N4O3S. The van der Waals surface area contributed by atoms with Crippen LogP contribution >= 0.6 is 11.7 Å². The number of nitrogens with zero attached hydrogens (tertiary/aromatic N) is 3. The number of ether oxygens (including phenoxy) is 2. The number of carbonyl (C=O) groups is 1. The molecule has 1 saturated heterocycles. The summed E-state index contributed by atoms with van der Waals surface area (Å²) in [6, 6.07) is 0.0480. The molecule has 140 valence electrons. The van der Waals surface area contributed by atoms with Crippen molar-refractivity contribution < 1.29 is 31.8 Å². The summed E-state index contributed by atoms with van der Waals surface area (Å²) in [5, 5.41) is 1.75. The van der Waals surface area contributed by atoms with Crippen LogP contribution in [-0.4, -0.2) is 47.6 Å². The molecule has 0 saturated carbocycles. The van der Waals surface area contributed by atoms with Crippen LogP contribution in [0.25, 0.3) is 0 Å². The lowest BCUT2D eigenvalue weighted by Crippen LogP contribution is -2.36. The average Bonchev–Trinajstić information content (AvgIpc) is 3.11. The number of hydrogen-bond acceptors (Lipinski definition) is 7. The molecule has 1 amide bonds. The molecule has 1 aliphatic heterocycles. The highest BCUT2D eigenvalue weighted by atomic mass is 32.1. The summed E-state index contributed by atoms with van der Waals surface area (Å²) < 4.78 is 71.8. The van der Waals surface area contributed by atoms with Gasteiger partial charge in [-0.15, -0.1) is 4.37 Å². The van der Waals surface area contributed by atoms with Gasteiger partial charge in [-0.3, -0.25) is 4.79 Å². The summed E-state index contributed by atoms with van der Waals surface area (Å²) in [5.74, 6) is -7.20. The first-order chi connectivity index (χ1) is 12.5. The Labute approximate surface area is 148 Å². The molecule has 1 aromatic heterocycles. The zero-order chi connectivity index (χ0) is 18.7. The molecule has 0 radical (unpaired) electrons. The van der Waals surface area contributed by atoms with Crippen LogP contribution in [0.2, 0.25) is 0 Å². The van der Waals surface area contributed by atoms with Gasteiger partial charge < -0.3 is 19.7 Å². The summed E-state index contributed by atoms with van der Waals surface area (Å²) in [4.78, 5) is 13.7. The minimum atomic E-state index is -1.71. The van der Waals surface area contributed by atoms with Gasteiger partial charge >= 0.3 is 0 Å². The molecule has 12 heteroatoms. The van der Waals surface area contributed by atoms with Crippen molar-refractivity contribution in [2.45, 2.75) is 0 Å². The Hall–Kier alpha value is -2.47. The zero-order valence-electron chi connectivity index (χ0n) is 13.1. The van der Waals surface area contributed by atoms with Crippen LogP contribution in [-0.2, 0) is 9.53 Å². The van der Waals surface area contributed by atoms with E-state index in [0.29, 0.717) is 32.1 Å². The lowest BCUT2D eigenvalue weighted by molar-refractivity contribution is -0.118. The predicted octanol–water partition coefficient (Wildman–Crippen LogP) is 1.95. The second-order valence-electron chi connectivity index (χ2n) is 5.17. The zero-order valence-corrected chi connectivity index (χ0v) is 13.9. The highest BCUT2D eigenvalue weighted by Gasteiger charge is 2.23. The Kier molecular flexibility index (Phi) is 5.52. The first kappa shape index (κ1) is 18.3. The van der Waals surface area contributed by atoms with Crippen LogP contribution in [0.1, 0.15) is 0 Å². The van der Waals surface area contributed by atoms with Crippen molar-refractivity contribution in [3.63, 3.8) is 0 Å². The number of carbonyl (C=O) groups excluding carboxylic acids is 1. The number of anilines is 2. The predicted molar refractivity (Wildman–Crippen MR) is 83.3 cm³/mol. The summed E-state index contributed by atoms with van der Waals surface area (Å²) in [6.07, 6.45) is 0. The minimum absolute atomic E-state index is 0.0480. The quantitative estimate of drug-likeness (QED) is 0.619. The monoisotopic (exact) mass is 392 g/mol. The lowest BCUT2D eigenvalue weighted by atomic mass is 10.2. The molecule has 0 atom stereocenters. The van der Waals surface area contributed by atoms with Crippen molar-refractivity contribution in [3.05, 3.63) is 29.3 Å². The van der Waals surface area contributed by atoms with E-state index >= 15 is 0 Å². The van der Waals surface area contributed by atoms with Gasteiger partial charge in [0.05, 0.1) is 24.9 Å². The van der Waals surface area contributed by atoms with Crippen LogP contribution < -0.4 is 15.0 Å². The van der Waals surface area contributed by atoms with Crippen LogP contribution in [0.3, 0.4) is 0 Å². The molecule has 0 bridgehead atoms. The fourth-order valence-electron chi connectivity index (χ4n) is 2.23. The number of aromatic nitrogens is 2. The third-order valence-electron chi connectivity index (χ3n) is 3.47. The van der Waals surface area contributed by atoms with E-state index in [2.05, 4.69) is 8.75 Å². The van der Waals surface area contributed by atoms with E-state index in [0.717, 1.165) is 11.7 Å². The molecule has 2 aromatic rings. The Balaban J connectivity index is 1.65. The maximum Gasteiger partial charge on any atom is 0.271 e. The summed E-state index contributed by atoms with van der Waals surface area (Å²) in [5.41, 5.74) is -1.22. The number of morpholine rings is 1. The molecule has 0 spiro atoms. The van der Waals surface area contributed by atoms with E-state index in [4.69, 9.17) is 9.47 Å². The van der Waals surface area contributed by atoms with Gasteiger partial charge in [0.1, 0.15) is 5.69 Å². The number of rotatable bonds is 5. The third kappa shape index (κ3) is 3.85. The van der Waals surface area contributed by atoms with Crippen LogP contribution in [0.4, 0.5) is 29.1 Å². The van der Waals surface area contributed by atoms with Gasteiger partial charge in [-0.2, -0.15) is 4.37 Å². The molecule has 3 rings (SSSR count). The van der Waals surface area contributed by atoms with Gasteiger partial charge in [0.15, 0.2) is 29.9 Å². The van der Waals surface area contributed by atoms with E-state index in [9.17, 15) is 22.4 Å². The Bertz CT molecular complexity index is 787. The number of hydrogen-bond donors (Lipinski definition) is 1. The van der Waals surface area contributed by atoms with Gasteiger partial charge in [-0.05, 0) is 0 Å². The summed E-state index contributed by atoms with van der Waals surface area (Å²) >= 11 is 0.866. The van der Waals surface area contributed by atoms with Gasteiger partial charge in [0.2, 0.25) is 5.82 Å². The molecule has 7 nitrogen and oxygen atoms in total. The first-order valence-corrected chi connectivity index (χ1v) is 8.11. The van der Waals surface area contributed by atoms with Crippen molar-refractivity contribution >= 4 is 29.1 Å². The minimum Gasteiger partial charge on any atom is -0.464 e. The molecule has 2 heterocycles. The van der Waals surface area contributed by atoms with E-state index in [1.807, 2.05) is 4.90 Å². The van der Waals surface area contributed by atoms with Crippen LogP contribution in [0.15, 0.2) is 6.07 Å². The Morgan fingerprint density at radius 3 is 2.50 bits per heavy atom. The molecular weight excluding hydrogens is 380 g/mol. The van der Waals surface area contributed by atoms with Crippen molar-refractivity contribution in [2.75, 3.05) is 43.1 Å². The normalized spacial score (nSPS) is 14.4. The number of halogens is 4. The molecule has 0 unspecified atom stereocenters. The van der Waals surface area contributed by atoms with E-state index in [1.54, 1.807) is 5.32 Å². The maximum absolute atomic E-state index is 13.5. The molecule has 26 heavy (non-hydrogen) atoms. The molecule has 0 aliphatic carbocycles. The van der Waals surface area contributed by atoms with Gasteiger partial charge in [0.25, 0.3) is 11.8 Å². The SMILES string of the molecule is O=C(COc1nsnc1N1CCOCC1)Nc1c(F)c(F)cc(F)c1F. The van der Waals surface area contributed by atoms with Crippen molar-refractivity contribution in [1.82, 2.24) is 8.75 Å². The molecule has 1 aromatic carbocycles.